The van der Waals surface area contributed by atoms with Crippen LogP contribution in [0.25, 0.3) is 0 Å². The monoisotopic (exact) mass is 520 g/mol. The van der Waals surface area contributed by atoms with Crippen molar-refractivity contribution in [2.24, 2.45) is 0 Å². The van der Waals surface area contributed by atoms with Crippen LogP contribution in [0.1, 0.15) is 45.4 Å². The Hall–Kier alpha value is -3.04. The molecule has 0 saturated carbocycles. The van der Waals surface area contributed by atoms with E-state index >= 15 is 0 Å². The average molecular weight is 521 g/mol. The molecule has 0 amide bonds. The van der Waals surface area contributed by atoms with Gasteiger partial charge >= 0.3 is 5.69 Å². The zero-order valence-electron chi connectivity index (χ0n) is 21.9. The number of aliphatic hydroxyl groups excluding tert-OH is 1. The van der Waals surface area contributed by atoms with Crippen molar-refractivity contribution in [3.63, 3.8) is 0 Å². The lowest BCUT2D eigenvalue weighted by Crippen LogP contribution is -2.68. The number of ether oxygens (including phenoxy) is 1. The summed E-state index contributed by atoms with van der Waals surface area (Å²) in [5, 5.41) is 13.0. The molecule has 1 saturated heterocycles. The maximum atomic E-state index is 12.7. The highest BCUT2D eigenvalue weighted by Crippen LogP contribution is 2.41. The second kappa shape index (κ2) is 10.7. The van der Waals surface area contributed by atoms with Crippen molar-refractivity contribution in [1.29, 1.82) is 0 Å². The van der Waals surface area contributed by atoms with E-state index < -0.39 is 44.1 Å². The summed E-state index contributed by atoms with van der Waals surface area (Å²) in [4.78, 5) is 27.0. The number of H-pyrrole nitrogens is 1. The highest BCUT2D eigenvalue weighted by molar-refractivity contribution is 6.99. The number of hydrogen-bond donors (Lipinski definition) is 2. The molecule has 4 rings (SSSR count). The molecule has 196 valence electrons. The van der Waals surface area contributed by atoms with Gasteiger partial charge in [0, 0.05) is 18.2 Å². The van der Waals surface area contributed by atoms with Crippen molar-refractivity contribution >= 4 is 18.7 Å². The van der Waals surface area contributed by atoms with Crippen molar-refractivity contribution < 1.29 is 14.3 Å². The predicted octanol–water partition coefficient (Wildman–Crippen LogP) is 3.01. The van der Waals surface area contributed by atoms with Crippen LogP contribution in [0.4, 0.5) is 0 Å². The molecule has 0 spiro atoms. The summed E-state index contributed by atoms with van der Waals surface area (Å²) in [5.41, 5.74) is -0.575. The Morgan fingerprint density at radius 3 is 2.22 bits per heavy atom. The normalized spacial score (nSPS) is 21.1. The summed E-state index contributed by atoms with van der Waals surface area (Å²) in [6, 6.07) is 20.5. The molecule has 8 heteroatoms. The minimum absolute atomic E-state index is 0.271. The van der Waals surface area contributed by atoms with Gasteiger partial charge in [0.05, 0.1) is 12.2 Å². The Bertz CT molecular complexity index is 1290. The smallest absolute Gasteiger partial charge is 0.330 e. The van der Waals surface area contributed by atoms with E-state index in [2.05, 4.69) is 56.6 Å². The van der Waals surface area contributed by atoms with Gasteiger partial charge in [-0.1, -0.05) is 87.5 Å². The van der Waals surface area contributed by atoms with Crippen molar-refractivity contribution in [1.82, 2.24) is 9.55 Å². The summed E-state index contributed by atoms with van der Waals surface area (Å²) < 4.78 is 15.0. The molecule has 0 aliphatic carbocycles. The van der Waals surface area contributed by atoms with E-state index in [-0.39, 0.29) is 5.04 Å². The molecular formula is C29H36N2O5Si. The van der Waals surface area contributed by atoms with Crippen LogP contribution in [-0.4, -0.2) is 41.3 Å². The summed E-state index contributed by atoms with van der Waals surface area (Å²) in [5.74, 6) is 0. The van der Waals surface area contributed by atoms with Crippen molar-refractivity contribution in [3.8, 4) is 0 Å². The molecule has 1 fully saturated rings. The first-order valence-electron chi connectivity index (χ1n) is 12.6. The number of nitrogens with one attached hydrogen (secondary N) is 1. The lowest BCUT2D eigenvalue weighted by atomic mass is 10.1. The number of aliphatic hydroxyl groups is 1. The fourth-order valence-electron chi connectivity index (χ4n) is 5.31. The highest BCUT2D eigenvalue weighted by Gasteiger charge is 2.54. The molecule has 7 nitrogen and oxygen atoms in total. The number of aromatic nitrogens is 2. The van der Waals surface area contributed by atoms with Gasteiger partial charge in [0.2, 0.25) is 0 Å². The van der Waals surface area contributed by atoms with E-state index in [9.17, 15) is 14.7 Å². The van der Waals surface area contributed by atoms with Gasteiger partial charge < -0.3 is 14.3 Å². The van der Waals surface area contributed by atoms with E-state index in [1.54, 1.807) is 13.0 Å². The zero-order chi connectivity index (χ0) is 26.8. The van der Waals surface area contributed by atoms with Gasteiger partial charge in [-0.3, -0.25) is 14.3 Å². The second-order valence-electron chi connectivity index (χ2n) is 10.7. The first kappa shape index (κ1) is 27.0. The number of hydrogen-bond acceptors (Lipinski definition) is 5. The van der Waals surface area contributed by atoms with Gasteiger partial charge in [0.25, 0.3) is 13.9 Å². The fraction of sp³-hybridized carbons (Fsp3) is 0.379. The van der Waals surface area contributed by atoms with Gasteiger partial charge in [-0.05, 0) is 28.8 Å². The minimum atomic E-state index is -2.95. The highest BCUT2D eigenvalue weighted by atomic mass is 28.4. The molecule has 2 aromatic carbocycles. The summed E-state index contributed by atoms with van der Waals surface area (Å²) in [7, 11) is -2.95. The molecule has 2 heterocycles. The first-order valence-corrected chi connectivity index (χ1v) is 14.5. The molecule has 0 unspecified atom stereocenters. The summed E-state index contributed by atoms with van der Waals surface area (Å²) in [6.45, 7) is 12.0. The number of rotatable bonds is 8. The third-order valence-electron chi connectivity index (χ3n) is 7.10. The standard InChI is InChI=1S/C29H36N2O5Si/c1-6-13-23(32)26-24(18-25(35-26)31-19-20(2)27(33)30-28(31)34)36-37(29(3,4)5,21-14-9-7-10-15-21)22-16-11-8-12-17-22/h6-12,14-17,19,23-26,32H,1,13,18H2,2-5H3,(H,30,33,34)/t23-,24-,25+,26+/m0/s1. The Kier molecular flexibility index (Phi) is 7.85. The number of benzene rings is 2. The van der Waals surface area contributed by atoms with E-state index in [0.29, 0.717) is 18.4 Å². The van der Waals surface area contributed by atoms with Crippen LogP contribution in [-0.2, 0) is 9.16 Å². The molecule has 0 radical (unpaired) electrons. The lowest BCUT2D eigenvalue weighted by Gasteiger charge is -2.45. The van der Waals surface area contributed by atoms with Gasteiger partial charge in [-0.15, -0.1) is 6.58 Å². The van der Waals surface area contributed by atoms with Crippen LogP contribution >= 0.6 is 0 Å². The molecule has 3 aromatic rings. The van der Waals surface area contributed by atoms with Crippen molar-refractivity contribution in [2.75, 3.05) is 0 Å². The largest absolute Gasteiger partial charge is 0.402 e. The predicted molar refractivity (Wildman–Crippen MR) is 148 cm³/mol. The van der Waals surface area contributed by atoms with Crippen LogP contribution in [0.2, 0.25) is 5.04 Å². The van der Waals surface area contributed by atoms with Crippen LogP contribution in [0.15, 0.2) is 89.1 Å². The SMILES string of the molecule is C=CC[C@H](O)[C@H]1O[C@@H](n2cc(C)c(=O)[nH]c2=O)C[C@@H]1O[Si](c1ccccc1)(c1ccccc1)C(C)(C)C. The Balaban J connectivity index is 1.84. The summed E-state index contributed by atoms with van der Waals surface area (Å²) >= 11 is 0. The summed E-state index contributed by atoms with van der Waals surface area (Å²) in [6.07, 6.45) is 1.05. The third kappa shape index (κ3) is 5.20. The molecule has 1 aliphatic rings. The van der Waals surface area contributed by atoms with Crippen molar-refractivity contribution in [3.05, 3.63) is 106 Å². The molecule has 37 heavy (non-hydrogen) atoms. The molecule has 2 N–H and O–H groups in total. The molecule has 1 aliphatic heterocycles. The van der Waals surface area contributed by atoms with Crippen LogP contribution in [0.5, 0.6) is 0 Å². The van der Waals surface area contributed by atoms with Crippen LogP contribution < -0.4 is 21.6 Å². The Labute approximate surface area is 218 Å². The molecule has 1 aromatic heterocycles. The Morgan fingerprint density at radius 1 is 1.14 bits per heavy atom. The quantitative estimate of drug-likeness (QED) is 0.352. The molecule has 4 atom stereocenters. The second-order valence-corrected chi connectivity index (χ2v) is 14.9. The van der Waals surface area contributed by atoms with E-state index in [0.717, 1.165) is 10.4 Å². The Morgan fingerprint density at radius 2 is 1.70 bits per heavy atom. The first-order chi connectivity index (χ1) is 17.6. The van der Waals surface area contributed by atoms with Gasteiger partial charge in [-0.2, -0.15) is 0 Å². The van der Waals surface area contributed by atoms with E-state index in [4.69, 9.17) is 9.16 Å². The van der Waals surface area contributed by atoms with Gasteiger partial charge in [-0.25, -0.2) is 4.79 Å². The maximum absolute atomic E-state index is 12.7. The van der Waals surface area contributed by atoms with Crippen LogP contribution in [0, 0.1) is 6.92 Å². The topological polar surface area (TPSA) is 93.5 Å². The average Bonchev–Trinajstić information content (AvgIpc) is 3.29. The number of aromatic amines is 1. The lowest BCUT2D eigenvalue weighted by molar-refractivity contribution is -0.0794. The number of aryl methyl sites for hydroxylation is 1. The van der Waals surface area contributed by atoms with Gasteiger partial charge in [0.15, 0.2) is 0 Å². The third-order valence-corrected chi connectivity index (χ3v) is 12.2. The van der Waals surface area contributed by atoms with Crippen molar-refractivity contribution in [2.45, 2.75) is 70.1 Å². The van der Waals surface area contributed by atoms with Crippen LogP contribution in [0.3, 0.4) is 0 Å². The minimum Gasteiger partial charge on any atom is -0.402 e. The molecule has 0 bridgehead atoms. The van der Waals surface area contributed by atoms with E-state index in [1.807, 2.05) is 36.4 Å². The van der Waals surface area contributed by atoms with Gasteiger partial charge in [0.1, 0.15) is 12.3 Å². The maximum Gasteiger partial charge on any atom is 0.330 e. The zero-order valence-corrected chi connectivity index (χ0v) is 22.9. The fourth-order valence-corrected chi connectivity index (χ4v) is 10.0. The number of nitrogens with zero attached hydrogens (tertiary/aromatic N) is 1. The molecular weight excluding hydrogens is 484 g/mol. The van der Waals surface area contributed by atoms with E-state index in [1.165, 1.54) is 10.8 Å².